The first-order valence-electron chi connectivity index (χ1n) is 11.0. The van der Waals surface area contributed by atoms with Gasteiger partial charge < -0.3 is 19.7 Å². The summed E-state index contributed by atoms with van der Waals surface area (Å²) < 4.78 is 6.06. The second-order valence-electron chi connectivity index (χ2n) is 8.24. The fourth-order valence-electron chi connectivity index (χ4n) is 4.38. The Morgan fingerprint density at radius 3 is 2.38 bits per heavy atom. The third-order valence-electron chi connectivity index (χ3n) is 6.29. The van der Waals surface area contributed by atoms with Crippen molar-refractivity contribution in [3.05, 3.63) is 94.4 Å². The molecule has 2 atom stereocenters. The van der Waals surface area contributed by atoms with E-state index in [4.69, 9.17) is 4.74 Å². The molecule has 1 aliphatic heterocycles. The fraction of sp³-hybridized carbons (Fsp3) is 0.308. The molecule has 3 aromatic rings. The smallest absolute Gasteiger partial charge is 0.411 e. The van der Waals surface area contributed by atoms with Crippen molar-refractivity contribution in [1.82, 2.24) is 9.88 Å². The molecule has 2 aromatic carbocycles. The van der Waals surface area contributed by atoms with Crippen molar-refractivity contribution in [3.63, 3.8) is 0 Å². The lowest BCUT2D eigenvalue weighted by atomic mass is 9.84. The Morgan fingerprint density at radius 2 is 1.75 bits per heavy atom. The molecule has 166 valence electrons. The number of ether oxygens (including phenoxy) is 1. The molecule has 2 heterocycles. The first-order valence-corrected chi connectivity index (χ1v) is 11.0. The number of aliphatic hydroxyl groups is 1. The molecule has 0 bridgehead atoms. The van der Waals surface area contributed by atoms with Crippen LogP contribution in [0.25, 0.3) is 11.1 Å². The van der Waals surface area contributed by atoms with E-state index in [0.29, 0.717) is 25.8 Å². The van der Waals surface area contributed by atoms with Crippen LogP contribution >= 0.6 is 0 Å². The number of amides is 1. The number of aliphatic hydroxyl groups excluding tert-OH is 1. The van der Waals surface area contributed by atoms with Crippen LogP contribution in [-0.4, -0.2) is 34.2 Å². The lowest BCUT2D eigenvalue weighted by molar-refractivity contribution is -0.0680. The molecule has 6 heteroatoms. The van der Waals surface area contributed by atoms with Gasteiger partial charge in [-0.1, -0.05) is 54.6 Å². The predicted octanol–water partition coefficient (Wildman–Crippen LogP) is 4.61. The van der Waals surface area contributed by atoms with E-state index in [9.17, 15) is 14.7 Å². The summed E-state index contributed by atoms with van der Waals surface area (Å²) in [7, 11) is 0. The van der Waals surface area contributed by atoms with Crippen molar-refractivity contribution in [2.45, 2.75) is 37.8 Å². The highest BCUT2D eigenvalue weighted by molar-refractivity contribution is 5.70. The highest BCUT2D eigenvalue weighted by atomic mass is 16.6. The van der Waals surface area contributed by atoms with Crippen molar-refractivity contribution < 1.29 is 14.6 Å². The standard InChI is InChI=1S/C26H28N2O4/c1-19(20-8-10-21(11-9-20)22-12-13-24(30)27-18-22)28-16-15-26(14-5-17-29,32-25(28)31)23-6-3-2-4-7-23/h2-4,6-13,18-19,29H,5,14-17H2,1H3,(H,27,30)/t19-,26?/m0/s1. The van der Waals surface area contributed by atoms with Gasteiger partial charge in [0.1, 0.15) is 5.60 Å². The maximum absolute atomic E-state index is 13.1. The third-order valence-corrected chi connectivity index (χ3v) is 6.29. The largest absolute Gasteiger partial charge is 0.438 e. The Morgan fingerprint density at radius 1 is 1.03 bits per heavy atom. The summed E-state index contributed by atoms with van der Waals surface area (Å²) in [6, 6.07) is 20.9. The molecular formula is C26H28N2O4. The number of pyridine rings is 1. The Labute approximate surface area is 187 Å². The van der Waals surface area contributed by atoms with Crippen LogP contribution in [0.2, 0.25) is 0 Å². The average Bonchev–Trinajstić information content (AvgIpc) is 2.83. The first kappa shape index (κ1) is 21.8. The van der Waals surface area contributed by atoms with E-state index < -0.39 is 5.60 Å². The van der Waals surface area contributed by atoms with Gasteiger partial charge in [0, 0.05) is 31.8 Å². The number of hydrogen-bond donors (Lipinski definition) is 2. The Hall–Kier alpha value is -3.38. The van der Waals surface area contributed by atoms with Gasteiger partial charge >= 0.3 is 6.09 Å². The second-order valence-corrected chi connectivity index (χ2v) is 8.24. The van der Waals surface area contributed by atoms with Gasteiger partial charge in [-0.15, -0.1) is 0 Å². The number of carbonyl (C=O) groups is 1. The van der Waals surface area contributed by atoms with E-state index in [0.717, 1.165) is 22.3 Å². The van der Waals surface area contributed by atoms with Gasteiger partial charge in [0.05, 0.1) is 6.04 Å². The summed E-state index contributed by atoms with van der Waals surface area (Å²) in [4.78, 5) is 28.8. The van der Waals surface area contributed by atoms with E-state index in [1.54, 1.807) is 17.2 Å². The van der Waals surface area contributed by atoms with E-state index in [-0.39, 0.29) is 24.3 Å². The normalized spacial score (nSPS) is 19.4. The molecule has 6 nitrogen and oxygen atoms in total. The molecule has 2 N–H and O–H groups in total. The van der Waals surface area contributed by atoms with Crippen LogP contribution in [0.15, 0.2) is 77.7 Å². The maximum atomic E-state index is 13.1. The second kappa shape index (κ2) is 9.40. The zero-order chi connectivity index (χ0) is 22.6. The number of aromatic amines is 1. The summed E-state index contributed by atoms with van der Waals surface area (Å²) in [6.07, 6.45) is 3.19. The molecule has 1 amide bonds. The van der Waals surface area contributed by atoms with Crippen LogP contribution in [0, 0.1) is 0 Å². The molecule has 32 heavy (non-hydrogen) atoms. The van der Waals surface area contributed by atoms with Gasteiger partial charge in [-0.25, -0.2) is 4.79 Å². The number of carbonyl (C=O) groups excluding carboxylic acids is 1. The molecule has 0 radical (unpaired) electrons. The summed E-state index contributed by atoms with van der Waals surface area (Å²) in [5.74, 6) is 0. The van der Waals surface area contributed by atoms with Crippen molar-refractivity contribution in [3.8, 4) is 11.1 Å². The van der Waals surface area contributed by atoms with Gasteiger partial charge in [-0.2, -0.15) is 0 Å². The molecule has 4 rings (SSSR count). The number of nitrogens with one attached hydrogen (secondary N) is 1. The molecule has 0 aliphatic carbocycles. The summed E-state index contributed by atoms with van der Waals surface area (Å²) in [5, 5.41) is 9.36. The lowest BCUT2D eigenvalue weighted by Gasteiger charge is -2.43. The van der Waals surface area contributed by atoms with E-state index >= 15 is 0 Å². The van der Waals surface area contributed by atoms with Crippen LogP contribution in [0.5, 0.6) is 0 Å². The minimum atomic E-state index is -0.703. The monoisotopic (exact) mass is 432 g/mol. The number of hydrogen-bond acceptors (Lipinski definition) is 4. The minimum absolute atomic E-state index is 0.0634. The zero-order valence-electron chi connectivity index (χ0n) is 18.2. The highest BCUT2D eigenvalue weighted by Crippen LogP contribution is 2.40. The number of nitrogens with zero attached hydrogens (tertiary/aromatic N) is 1. The van der Waals surface area contributed by atoms with E-state index in [2.05, 4.69) is 4.98 Å². The zero-order valence-corrected chi connectivity index (χ0v) is 18.2. The van der Waals surface area contributed by atoms with Crippen molar-refractivity contribution in [2.75, 3.05) is 13.2 Å². The predicted molar refractivity (Wildman–Crippen MR) is 123 cm³/mol. The van der Waals surface area contributed by atoms with E-state index in [1.807, 2.05) is 61.5 Å². The number of cyclic esters (lactones) is 1. The van der Waals surface area contributed by atoms with Crippen LogP contribution in [0.3, 0.4) is 0 Å². The molecular weight excluding hydrogens is 404 g/mol. The van der Waals surface area contributed by atoms with Crippen LogP contribution in [0.1, 0.15) is 43.4 Å². The van der Waals surface area contributed by atoms with Crippen molar-refractivity contribution >= 4 is 6.09 Å². The van der Waals surface area contributed by atoms with E-state index in [1.165, 1.54) is 6.07 Å². The number of benzene rings is 2. The van der Waals surface area contributed by atoms with Gasteiger partial charge in [-0.3, -0.25) is 4.79 Å². The summed E-state index contributed by atoms with van der Waals surface area (Å²) in [5.41, 5.74) is 3.07. The highest BCUT2D eigenvalue weighted by Gasteiger charge is 2.43. The van der Waals surface area contributed by atoms with Crippen LogP contribution < -0.4 is 5.56 Å². The SMILES string of the molecule is C[C@@H](c1ccc(-c2ccc(=O)[nH]c2)cc1)N1CCC(CCCO)(c2ccccc2)OC1=O. The van der Waals surface area contributed by atoms with Gasteiger partial charge in [0.2, 0.25) is 5.56 Å². The van der Waals surface area contributed by atoms with Crippen LogP contribution in [0.4, 0.5) is 4.79 Å². The molecule has 1 saturated heterocycles. The third kappa shape index (κ3) is 4.46. The quantitative estimate of drug-likeness (QED) is 0.571. The molecule has 1 fully saturated rings. The van der Waals surface area contributed by atoms with Crippen molar-refractivity contribution in [2.24, 2.45) is 0 Å². The fourth-order valence-corrected chi connectivity index (χ4v) is 4.38. The summed E-state index contributed by atoms with van der Waals surface area (Å²) in [6.45, 7) is 2.63. The minimum Gasteiger partial charge on any atom is -0.438 e. The number of rotatable bonds is 7. The number of aromatic nitrogens is 1. The topological polar surface area (TPSA) is 82.6 Å². The molecule has 0 spiro atoms. The van der Waals surface area contributed by atoms with Gasteiger partial charge in [0.25, 0.3) is 0 Å². The van der Waals surface area contributed by atoms with Gasteiger partial charge in [-0.05, 0) is 48.1 Å². The maximum Gasteiger partial charge on any atom is 0.411 e. The summed E-state index contributed by atoms with van der Waals surface area (Å²) >= 11 is 0. The van der Waals surface area contributed by atoms with Gasteiger partial charge in [0.15, 0.2) is 0 Å². The van der Waals surface area contributed by atoms with Crippen molar-refractivity contribution in [1.29, 1.82) is 0 Å². The Bertz CT molecular complexity index is 1090. The Kier molecular flexibility index (Phi) is 6.42. The average molecular weight is 433 g/mol. The van der Waals surface area contributed by atoms with Crippen LogP contribution in [-0.2, 0) is 10.3 Å². The molecule has 1 aromatic heterocycles. The first-order chi connectivity index (χ1) is 15.5. The molecule has 0 saturated carbocycles. The molecule has 1 aliphatic rings. The molecule has 1 unspecified atom stereocenters. The Balaban J connectivity index is 1.50. The number of H-pyrrole nitrogens is 1. The lowest BCUT2D eigenvalue weighted by Crippen LogP contribution is -2.48.